The Bertz CT molecular complexity index is 265. The topological polar surface area (TPSA) is 60.9 Å². The first kappa shape index (κ1) is 12.0. The number of likely N-dealkylation sites (N-methyl/N-ethyl adjacent to an activating group) is 1. The van der Waals surface area contributed by atoms with Crippen molar-refractivity contribution in [1.82, 2.24) is 9.80 Å². The molecule has 1 rings (SSSR count). The highest BCUT2D eigenvalue weighted by Gasteiger charge is 2.37. The second kappa shape index (κ2) is 4.61. The minimum Gasteiger partial charge on any atom is -0.480 e. The van der Waals surface area contributed by atoms with E-state index in [1.54, 1.807) is 19.0 Å². The van der Waals surface area contributed by atoms with Crippen molar-refractivity contribution in [2.24, 2.45) is 5.92 Å². The molecule has 86 valence electrons. The number of rotatable bonds is 3. The van der Waals surface area contributed by atoms with E-state index in [1.165, 1.54) is 4.90 Å². The number of amides is 1. The predicted octanol–water partition coefficient (Wildman–Crippen LogP) is -0.130. The molecule has 0 bridgehead atoms. The summed E-state index contributed by atoms with van der Waals surface area (Å²) in [6, 6.07) is -0.632. The fourth-order valence-electron chi connectivity index (χ4n) is 1.92. The van der Waals surface area contributed by atoms with E-state index in [4.69, 9.17) is 5.11 Å². The second-order valence-corrected chi connectivity index (χ2v) is 4.48. The summed E-state index contributed by atoms with van der Waals surface area (Å²) in [7, 11) is 3.60. The zero-order valence-electron chi connectivity index (χ0n) is 9.43. The molecule has 5 heteroatoms. The summed E-state index contributed by atoms with van der Waals surface area (Å²) in [4.78, 5) is 25.9. The number of carbonyl (C=O) groups excluding carboxylic acids is 1. The maximum absolute atomic E-state index is 11.7. The lowest BCUT2D eigenvalue weighted by molar-refractivity contribution is -0.148. The van der Waals surface area contributed by atoms with Crippen LogP contribution in [0.1, 0.15) is 13.3 Å². The van der Waals surface area contributed by atoms with E-state index in [1.807, 2.05) is 6.92 Å². The zero-order chi connectivity index (χ0) is 11.6. The van der Waals surface area contributed by atoms with E-state index >= 15 is 0 Å². The fraction of sp³-hybridized carbons (Fsp3) is 0.800. The van der Waals surface area contributed by atoms with Crippen molar-refractivity contribution < 1.29 is 14.7 Å². The second-order valence-electron chi connectivity index (χ2n) is 4.48. The summed E-state index contributed by atoms with van der Waals surface area (Å²) in [6.07, 6.45) is 0.564. The molecule has 1 aliphatic rings. The van der Waals surface area contributed by atoms with Gasteiger partial charge in [0.05, 0.1) is 6.54 Å². The zero-order valence-corrected chi connectivity index (χ0v) is 9.43. The summed E-state index contributed by atoms with van der Waals surface area (Å²) >= 11 is 0. The first-order chi connectivity index (χ1) is 6.91. The summed E-state index contributed by atoms with van der Waals surface area (Å²) in [5, 5.41) is 8.98. The maximum atomic E-state index is 11.7. The summed E-state index contributed by atoms with van der Waals surface area (Å²) < 4.78 is 0. The van der Waals surface area contributed by atoms with Gasteiger partial charge >= 0.3 is 5.97 Å². The van der Waals surface area contributed by atoms with Gasteiger partial charge in [-0.3, -0.25) is 4.79 Å². The molecule has 5 nitrogen and oxygen atoms in total. The molecular weight excluding hydrogens is 196 g/mol. The van der Waals surface area contributed by atoms with E-state index in [9.17, 15) is 9.59 Å². The molecule has 1 fully saturated rings. The Labute approximate surface area is 89.7 Å². The quantitative estimate of drug-likeness (QED) is 0.711. The maximum Gasteiger partial charge on any atom is 0.326 e. The highest BCUT2D eigenvalue weighted by atomic mass is 16.4. The third-order valence-electron chi connectivity index (χ3n) is 2.57. The van der Waals surface area contributed by atoms with Crippen LogP contribution in [0, 0.1) is 5.92 Å². The minimum atomic E-state index is -0.897. The van der Waals surface area contributed by atoms with Crippen LogP contribution in [0.2, 0.25) is 0 Å². The number of hydrogen-bond acceptors (Lipinski definition) is 3. The molecule has 0 radical (unpaired) electrons. The third kappa shape index (κ3) is 2.92. The van der Waals surface area contributed by atoms with Crippen LogP contribution in [-0.2, 0) is 9.59 Å². The summed E-state index contributed by atoms with van der Waals surface area (Å²) in [5.41, 5.74) is 0. The molecule has 15 heavy (non-hydrogen) atoms. The van der Waals surface area contributed by atoms with Gasteiger partial charge in [-0.1, -0.05) is 6.92 Å². The monoisotopic (exact) mass is 214 g/mol. The number of carbonyl (C=O) groups is 2. The van der Waals surface area contributed by atoms with E-state index in [2.05, 4.69) is 0 Å². The minimum absolute atomic E-state index is 0.100. The Balaban J connectivity index is 2.66. The SMILES string of the molecule is C[C@@H]1C[C@@H](C(=O)O)N(C(=O)CN(C)C)C1. The van der Waals surface area contributed by atoms with Crippen LogP contribution < -0.4 is 0 Å². The molecule has 1 heterocycles. The van der Waals surface area contributed by atoms with Crippen LogP contribution in [0.15, 0.2) is 0 Å². The molecule has 0 aromatic heterocycles. The molecule has 0 aromatic rings. The number of aliphatic carboxylic acids is 1. The predicted molar refractivity (Wildman–Crippen MR) is 55.5 cm³/mol. The molecule has 0 aromatic carbocycles. The van der Waals surface area contributed by atoms with Gasteiger partial charge in [-0.2, -0.15) is 0 Å². The van der Waals surface area contributed by atoms with Crippen LogP contribution >= 0.6 is 0 Å². The Hall–Kier alpha value is -1.10. The molecule has 0 unspecified atom stereocenters. The van der Waals surface area contributed by atoms with Crippen LogP contribution in [0.5, 0.6) is 0 Å². The van der Waals surface area contributed by atoms with Crippen molar-refractivity contribution in [2.75, 3.05) is 27.2 Å². The van der Waals surface area contributed by atoms with E-state index < -0.39 is 12.0 Å². The van der Waals surface area contributed by atoms with Crippen LogP contribution in [0.4, 0.5) is 0 Å². The highest BCUT2D eigenvalue weighted by Crippen LogP contribution is 2.22. The molecule has 2 atom stereocenters. The van der Waals surface area contributed by atoms with Gasteiger partial charge in [0, 0.05) is 6.54 Å². The molecule has 1 aliphatic heterocycles. The van der Waals surface area contributed by atoms with Crippen molar-refractivity contribution in [3.63, 3.8) is 0 Å². The molecule has 0 aliphatic carbocycles. The van der Waals surface area contributed by atoms with Gasteiger partial charge < -0.3 is 14.9 Å². The van der Waals surface area contributed by atoms with Crippen molar-refractivity contribution in [2.45, 2.75) is 19.4 Å². The molecule has 1 N–H and O–H groups in total. The average molecular weight is 214 g/mol. The summed E-state index contributed by atoms with van der Waals surface area (Å²) in [5.74, 6) is -0.722. The van der Waals surface area contributed by atoms with Gasteiger partial charge in [0.1, 0.15) is 6.04 Å². The lowest BCUT2D eigenvalue weighted by atomic mass is 10.1. The summed E-state index contributed by atoms with van der Waals surface area (Å²) in [6.45, 7) is 2.80. The number of carboxylic acid groups (broad SMARTS) is 1. The van der Waals surface area contributed by atoms with Gasteiger partial charge in [-0.15, -0.1) is 0 Å². The van der Waals surface area contributed by atoms with E-state index in [0.29, 0.717) is 13.0 Å². The van der Waals surface area contributed by atoms with Crippen LogP contribution in [-0.4, -0.2) is 60.0 Å². The van der Waals surface area contributed by atoms with Crippen molar-refractivity contribution in [3.8, 4) is 0 Å². The molecule has 1 amide bonds. The largest absolute Gasteiger partial charge is 0.480 e. The average Bonchev–Trinajstić information content (AvgIpc) is 2.46. The Morgan fingerprint density at radius 1 is 1.47 bits per heavy atom. The van der Waals surface area contributed by atoms with Crippen molar-refractivity contribution >= 4 is 11.9 Å². The molecule has 0 spiro atoms. The number of likely N-dealkylation sites (tertiary alicyclic amines) is 1. The van der Waals surface area contributed by atoms with Gasteiger partial charge in [0.2, 0.25) is 5.91 Å². The molecule has 0 saturated carbocycles. The number of carboxylic acids is 1. The van der Waals surface area contributed by atoms with E-state index in [0.717, 1.165) is 0 Å². The normalized spacial score (nSPS) is 26.0. The van der Waals surface area contributed by atoms with Crippen LogP contribution in [0.25, 0.3) is 0 Å². The molecular formula is C10H18N2O3. The number of nitrogens with zero attached hydrogens (tertiary/aromatic N) is 2. The first-order valence-corrected chi connectivity index (χ1v) is 5.08. The van der Waals surface area contributed by atoms with Crippen molar-refractivity contribution in [1.29, 1.82) is 0 Å². The Morgan fingerprint density at radius 2 is 2.07 bits per heavy atom. The standard InChI is InChI=1S/C10H18N2O3/c1-7-4-8(10(14)15)12(5-7)9(13)6-11(2)3/h7-8H,4-6H2,1-3H3,(H,14,15)/t7-,8+/m1/s1. The third-order valence-corrected chi connectivity index (χ3v) is 2.57. The first-order valence-electron chi connectivity index (χ1n) is 5.08. The lowest BCUT2D eigenvalue weighted by Crippen LogP contribution is -2.44. The smallest absolute Gasteiger partial charge is 0.326 e. The van der Waals surface area contributed by atoms with Gasteiger partial charge in [0.15, 0.2) is 0 Å². The van der Waals surface area contributed by atoms with Gasteiger partial charge in [-0.05, 0) is 26.4 Å². The van der Waals surface area contributed by atoms with Crippen LogP contribution in [0.3, 0.4) is 0 Å². The van der Waals surface area contributed by atoms with Gasteiger partial charge in [-0.25, -0.2) is 4.79 Å². The highest BCUT2D eigenvalue weighted by molar-refractivity contribution is 5.85. The lowest BCUT2D eigenvalue weighted by Gasteiger charge is -2.23. The fourth-order valence-corrected chi connectivity index (χ4v) is 1.92. The van der Waals surface area contributed by atoms with Gasteiger partial charge in [0.25, 0.3) is 0 Å². The van der Waals surface area contributed by atoms with Crippen molar-refractivity contribution in [3.05, 3.63) is 0 Å². The Morgan fingerprint density at radius 3 is 2.53 bits per heavy atom. The number of hydrogen-bond donors (Lipinski definition) is 1. The Kier molecular flexibility index (Phi) is 3.68. The molecule has 1 saturated heterocycles. The van der Waals surface area contributed by atoms with E-state index in [-0.39, 0.29) is 18.4 Å².